The third-order valence-electron chi connectivity index (χ3n) is 4.31. The van der Waals surface area contributed by atoms with Crippen LogP contribution in [0, 0.1) is 6.92 Å². The second kappa shape index (κ2) is 8.27. The van der Waals surface area contributed by atoms with Gasteiger partial charge in [0, 0.05) is 31.9 Å². The molecule has 1 aromatic carbocycles. The number of carbonyl (C=O) groups is 2. The maximum atomic E-state index is 12.4. The van der Waals surface area contributed by atoms with Crippen molar-refractivity contribution >= 4 is 28.8 Å². The van der Waals surface area contributed by atoms with E-state index in [-0.39, 0.29) is 11.8 Å². The van der Waals surface area contributed by atoms with Crippen molar-refractivity contribution in [1.82, 2.24) is 9.80 Å². The van der Waals surface area contributed by atoms with Crippen LogP contribution in [0.1, 0.15) is 21.7 Å². The zero-order chi connectivity index (χ0) is 17.6. The summed E-state index contributed by atoms with van der Waals surface area (Å²) in [7, 11) is 0. The summed E-state index contributed by atoms with van der Waals surface area (Å²) >= 11 is 1.48. The van der Waals surface area contributed by atoms with Crippen molar-refractivity contribution < 1.29 is 9.59 Å². The second-order valence-electron chi connectivity index (χ2n) is 6.31. The number of nitrogens with zero attached hydrogens (tertiary/aromatic N) is 2. The van der Waals surface area contributed by atoms with Crippen LogP contribution in [0.4, 0.5) is 5.69 Å². The Balaban J connectivity index is 1.50. The van der Waals surface area contributed by atoms with Gasteiger partial charge in [-0.1, -0.05) is 23.8 Å². The van der Waals surface area contributed by atoms with Gasteiger partial charge in [-0.3, -0.25) is 14.5 Å². The first-order chi connectivity index (χ1) is 12.1. The van der Waals surface area contributed by atoms with E-state index in [1.807, 2.05) is 53.6 Å². The van der Waals surface area contributed by atoms with Crippen molar-refractivity contribution in [3.8, 4) is 0 Å². The maximum Gasteiger partial charge on any atom is 0.263 e. The van der Waals surface area contributed by atoms with E-state index in [0.29, 0.717) is 13.1 Å². The quantitative estimate of drug-likeness (QED) is 0.915. The monoisotopic (exact) mass is 357 g/mol. The van der Waals surface area contributed by atoms with Gasteiger partial charge in [0.2, 0.25) is 5.91 Å². The average molecular weight is 357 g/mol. The van der Waals surface area contributed by atoms with Gasteiger partial charge in [0.25, 0.3) is 5.91 Å². The Bertz CT molecular complexity index is 713. The van der Waals surface area contributed by atoms with Crippen molar-refractivity contribution in [2.24, 2.45) is 0 Å². The second-order valence-corrected chi connectivity index (χ2v) is 7.26. The highest BCUT2D eigenvalue weighted by atomic mass is 32.1. The van der Waals surface area contributed by atoms with Crippen molar-refractivity contribution in [2.75, 3.05) is 38.0 Å². The van der Waals surface area contributed by atoms with Gasteiger partial charge in [-0.2, -0.15) is 0 Å². The topological polar surface area (TPSA) is 52.7 Å². The number of anilines is 1. The molecule has 0 spiro atoms. The number of rotatable bonds is 4. The lowest BCUT2D eigenvalue weighted by atomic mass is 10.2. The van der Waals surface area contributed by atoms with Crippen LogP contribution in [-0.4, -0.2) is 54.3 Å². The van der Waals surface area contributed by atoms with E-state index in [2.05, 4.69) is 10.2 Å². The number of thiophene rings is 1. The average Bonchev–Trinajstić information content (AvgIpc) is 3.04. The SMILES string of the molecule is Cc1ccc(NC(=O)CN2CCCN(C(=O)c3cccs3)CC2)cc1. The highest BCUT2D eigenvalue weighted by molar-refractivity contribution is 7.12. The molecule has 1 aliphatic rings. The van der Waals surface area contributed by atoms with Gasteiger partial charge in [-0.15, -0.1) is 11.3 Å². The summed E-state index contributed by atoms with van der Waals surface area (Å²) in [5.74, 6) is 0.0860. The van der Waals surface area contributed by atoms with Crippen molar-refractivity contribution in [1.29, 1.82) is 0 Å². The molecule has 6 heteroatoms. The van der Waals surface area contributed by atoms with E-state index >= 15 is 0 Å². The number of nitrogens with one attached hydrogen (secondary N) is 1. The number of carbonyl (C=O) groups excluding carboxylic acids is 2. The molecule has 2 aromatic rings. The first kappa shape index (κ1) is 17.6. The lowest BCUT2D eigenvalue weighted by molar-refractivity contribution is -0.117. The summed E-state index contributed by atoms with van der Waals surface area (Å²) in [5.41, 5.74) is 1.99. The van der Waals surface area contributed by atoms with Crippen molar-refractivity contribution in [2.45, 2.75) is 13.3 Å². The molecule has 0 atom stereocenters. The standard InChI is InChI=1S/C19H23N3O2S/c1-15-5-7-16(8-6-15)20-18(23)14-21-9-3-10-22(12-11-21)19(24)17-4-2-13-25-17/h2,4-8,13H,3,9-12,14H2,1H3,(H,20,23). The first-order valence-electron chi connectivity index (χ1n) is 8.53. The fraction of sp³-hybridized carbons (Fsp3) is 0.368. The van der Waals surface area contributed by atoms with Gasteiger partial charge in [0.05, 0.1) is 11.4 Å². The van der Waals surface area contributed by atoms with E-state index < -0.39 is 0 Å². The molecule has 5 nitrogen and oxygen atoms in total. The molecule has 0 bridgehead atoms. The Hall–Kier alpha value is -2.18. The maximum absolute atomic E-state index is 12.4. The highest BCUT2D eigenvalue weighted by Crippen LogP contribution is 2.14. The molecule has 1 fully saturated rings. The fourth-order valence-electron chi connectivity index (χ4n) is 2.93. The molecule has 1 N–H and O–H groups in total. The van der Waals surface area contributed by atoms with E-state index in [1.54, 1.807) is 0 Å². The lowest BCUT2D eigenvalue weighted by Crippen LogP contribution is -2.37. The van der Waals surface area contributed by atoms with E-state index in [0.717, 1.165) is 36.6 Å². The van der Waals surface area contributed by atoms with Crippen LogP contribution in [-0.2, 0) is 4.79 Å². The summed E-state index contributed by atoms with van der Waals surface area (Å²) < 4.78 is 0. The molecule has 1 aromatic heterocycles. The summed E-state index contributed by atoms with van der Waals surface area (Å²) in [6.45, 7) is 5.33. The number of hydrogen-bond donors (Lipinski definition) is 1. The molecular weight excluding hydrogens is 334 g/mol. The molecule has 1 saturated heterocycles. The van der Waals surface area contributed by atoms with Gasteiger partial charge < -0.3 is 10.2 Å². The minimum Gasteiger partial charge on any atom is -0.337 e. The molecule has 0 aliphatic carbocycles. The molecule has 3 rings (SSSR count). The van der Waals surface area contributed by atoms with Crippen LogP contribution in [0.25, 0.3) is 0 Å². The Labute approximate surface area is 152 Å². The van der Waals surface area contributed by atoms with Gasteiger partial charge >= 0.3 is 0 Å². The lowest BCUT2D eigenvalue weighted by Gasteiger charge is -2.21. The molecule has 132 valence electrons. The summed E-state index contributed by atoms with van der Waals surface area (Å²) in [6, 6.07) is 11.6. The van der Waals surface area contributed by atoms with Gasteiger partial charge in [0.1, 0.15) is 0 Å². The van der Waals surface area contributed by atoms with Gasteiger partial charge in [-0.25, -0.2) is 0 Å². The number of hydrogen-bond acceptors (Lipinski definition) is 4. The molecule has 2 amide bonds. The third-order valence-corrected chi connectivity index (χ3v) is 5.17. The van der Waals surface area contributed by atoms with Crippen LogP contribution in [0.5, 0.6) is 0 Å². The minimum atomic E-state index is -0.0121. The Morgan fingerprint density at radius 1 is 1.08 bits per heavy atom. The first-order valence-corrected chi connectivity index (χ1v) is 9.41. The van der Waals surface area contributed by atoms with Crippen LogP contribution in [0.2, 0.25) is 0 Å². The van der Waals surface area contributed by atoms with E-state index in [4.69, 9.17) is 0 Å². The molecular formula is C19H23N3O2S. The van der Waals surface area contributed by atoms with Crippen LogP contribution in [0.3, 0.4) is 0 Å². The number of aryl methyl sites for hydroxylation is 1. The number of benzene rings is 1. The fourth-order valence-corrected chi connectivity index (χ4v) is 3.62. The Morgan fingerprint density at radius 2 is 1.88 bits per heavy atom. The molecule has 1 aliphatic heterocycles. The Morgan fingerprint density at radius 3 is 2.60 bits per heavy atom. The smallest absolute Gasteiger partial charge is 0.263 e. The largest absolute Gasteiger partial charge is 0.337 e. The van der Waals surface area contributed by atoms with Crippen molar-refractivity contribution in [3.63, 3.8) is 0 Å². The molecule has 0 radical (unpaired) electrons. The summed E-state index contributed by atoms with van der Waals surface area (Å²) in [6.07, 6.45) is 0.884. The molecule has 25 heavy (non-hydrogen) atoms. The van der Waals surface area contributed by atoms with Crippen LogP contribution in [0.15, 0.2) is 41.8 Å². The predicted octanol–water partition coefficient (Wildman–Crippen LogP) is 2.84. The molecule has 0 unspecified atom stereocenters. The normalized spacial score (nSPS) is 15.6. The summed E-state index contributed by atoms with van der Waals surface area (Å²) in [5, 5.41) is 4.86. The highest BCUT2D eigenvalue weighted by Gasteiger charge is 2.21. The third kappa shape index (κ3) is 4.90. The van der Waals surface area contributed by atoms with Crippen molar-refractivity contribution in [3.05, 3.63) is 52.2 Å². The molecule has 2 heterocycles. The predicted molar refractivity (Wildman–Crippen MR) is 101 cm³/mol. The van der Waals surface area contributed by atoms with E-state index in [9.17, 15) is 9.59 Å². The van der Waals surface area contributed by atoms with Gasteiger partial charge in [0.15, 0.2) is 0 Å². The van der Waals surface area contributed by atoms with Crippen LogP contribution >= 0.6 is 11.3 Å². The minimum absolute atomic E-state index is 0.0121. The molecule has 0 saturated carbocycles. The van der Waals surface area contributed by atoms with Gasteiger partial charge in [-0.05, 0) is 36.9 Å². The summed E-state index contributed by atoms with van der Waals surface area (Å²) in [4.78, 5) is 29.5. The zero-order valence-corrected chi connectivity index (χ0v) is 15.2. The zero-order valence-electron chi connectivity index (χ0n) is 14.4. The van der Waals surface area contributed by atoms with Crippen LogP contribution < -0.4 is 5.32 Å². The Kier molecular flexibility index (Phi) is 5.83. The number of amides is 2. The van der Waals surface area contributed by atoms with E-state index in [1.165, 1.54) is 16.9 Å².